The zero-order valence-corrected chi connectivity index (χ0v) is 16.5. The minimum absolute atomic E-state index is 0.200. The quantitative estimate of drug-likeness (QED) is 0.119. The van der Waals surface area contributed by atoms with Crippen LogP contribution in [-0.2, 0) is 9.47 Å². The minimum atomic E-state index is -0.200. The van der Waals surface area contributed by atoms with Crippen molar-refractivity contribution >= 4 is 0 Å². The molecule has 0 N–H and O–H groups in total. The lowest BCUT2D eigenvalue weighted by Gasteiger charge is -2.16. The van der Waals surface area contributed by atoms with E-state index in [0.717, 1.165) is 38.9 Å². The van der Waals surface area contributed by atoms with Gasteiger partial charge in [0.05, 0.1) is 6.42 Å². The predicted octanol–water partition coefficient (Wildman–Crippen LogP) is 6.71. The van der Waals surface area contributed by atoms with E-state index in [0.29, 0.717) is 13.0 Å². The van der Waals surface area contributed by atoms with E-state index in [9.17, 15) is 0 Å². The number of allylic oxidation sites excluding steroid dienone is 4. The lowest BCUT2D eigenvalue weighted by atomic mass is 10.2. The summed E-state index contributed by atoms with van der Waals surface area (Å²) < 4.78 is 11.7. The molecule has 25 heavy (non-hydrogen) atoms. The molecule has 3 heteroatoms. The van der Waals surface area contributed by atoms with Crippen LogP contribution in [0.15, 0.2) is 24.3 Å². The van der Waals surface area contributed by atoms with Crippen LogP contribution in [0.4, 0.5) is 0 Å². The van der Waals surface area contributed by atoms with E-state index in [1.54, 1.807) is 0 Å². The van der Waals surface area contributed by atoms with E-state index in [1.165, 1.54) is 38.5 Å². The number of hydrogen-bond donors (Lipinski definition) is 0. The monoisotopic (exact) mass is 349 g/mol. The van der Waals surface area contributed by atoms with Gasteiger partial charge in [-0.15, -0.1) is 0 Å². The van der Waals surface area contributed by atoms with Crippen molar-refractivity contribution in [3.05, 3.63) is 35.7 Å². The predicted molar refractivity (Wildman–Crippen MR) is 108 cm³/mol. The van der Waals surface area contributed by atoms with Crippen LogP contribution in [0.2, 0.25) is 0 Å². The van der Waals surface area contributed by atoms with E-state index in [2.05, 4.69) is 43.0 Å². The fourth-order valence-electron chi connectivity index (χ4n) is 2.47. The van der Waals surface area contributed by atoms with Crippen LogP contribution in [0, 0.1) is 6.57 Å². The van der Waals surface area contributed by atoms with Crippen LogP contribution < -0.4 is 0 Å². The molecule has 0 fully saturated rings. The number of nitrogens with zero attached hydrogens (tertiary/aromatic N) is 1. The Balaban J connectivity index is 3.66. The average molecular weight is 350 g/mol. The van der Waals surface area contributed by atoms with E-state index in [1.807, 2.05) is 0 Å². The molecule has 0 aromatic heterocycles. The fourth-order valence-corrected chi connectivity index (χ4v) is 2.47. The first kappa shape index (κ1) is 23.9. The molecule has 0 heterocycles. The van der Waals surface area contributed by atoms with Gasteiger partial charge in [0.2, 0.25) is 6.54 Å². The van der Waals surface area contributed by atoms with Gasteiger partial charge in [-0.05, 0) is 51.4 Å². The van der Waals surface area contributed by atoms with Crippen molar-refractivity contribution in [2.75, 3.05) is 19.8 Å². The molecule has 0 aromatic carbocycles. The van der Waals surface area contributed by atoms with Crippen LogP contribution in [0.3, 0.4) is 0 Å². The standard InChI is InChI=1S/C22H39NO2/c1-4-6-8-10-12-14-16-20-24-22(18-19-23-3)25-21-17-15-13-11-9-7-5-2/h6-9,22H,4-5,10-21H2,1-2H3/b8-6-,9-7-. The Bertz CT molecular complexity index is 332. The van der Waals surface area contributed by atoms with Gasteiger partial charge in [0.15, 0.2) is 6.29 Å². The molecule has 0 atom stereocenters. The molecule has 3 nitrogen and oxygen atoms in total. The lowest BCUT2D eigenvalue weighted by Crippen LogP contribution is -2.19. The Morgan fingerprint density at radius 1 is 0.760 bits per heavy atom. The van der Waals surface area contributed by atoms with Crippen LogP contribution >= 0.6 is 0 Å². The molecule has 0 aromatic rings. The summed E-state index contributed by atoms with van der Waals surface area (Å²) in [7, 11) is 0. The molecule has 0 amide bonds. The molecule has 0 bridgehead atoms. The third-order valence-corrected chi connectivity index (χ3v) is 3.92. The van der Waals surface area contributed by atoms with Crippen LogP contribution in [0.25, 0.3) is 4.85 Å². The molecule has 0 aliphatic carbocycles. The van der Waals surface area contributed by atoms with E-state index in [4.69, 9.17) is 16.0 Å². The van der Waals surface area contributed by atoms with Crippen LogP contribution in [-0.4, -0.2) is 26.0 Å². The Morgan fingerprint density at radius 3 is 1.72 bits per heavy atom. The van der Waals surface area contributed by atoms with Gasteiger partial charge in [-0.2, -0.15) is 0 Å². The molecule has 0 saturated heterocycles. The van der Waals surface area contributed by atoms with Gasteiger partial charge in [0.25, 0.3) is 0 Å². The highest BCUT2D eigenvalue weighted by Gasteiger charge is 2.10. The van der Waals surface area contributed by atoms with Crippen molar-refractivity contribution in [3.8, 4) is 0 Å². The van der Waals surface area contributed by atoms with Gasteiger partial charge < -0.3 is 14.3 Å². The molecule has 0 spiro atoms. The topological polar surface area (TPSA) is 22.8 Å². The summed E-state index contributed by atoms with van der Waals surface area (Å²) in [5, 5.41) is 0. The summed E-state index contributed by atoms with van der Waals surface area (Å²) >= 11 is 0. The van der Waals surface area contributed by atoms with Crippen molar-refractivity contribution in [2.24, 2.45) is 0 Å². The SMILES string of the molecule is [C-]#[N+]CCC(OCCCCC/C=C\CC)OCCCCC/C=C\CC. The Kier molecular flexibility index (Phi) is 20.0. The van der Waals surface area contributed by atoms with Gasteiger partial charge in [-0.3, -0.25) is 0 Å². The second-order valence-corrected chi connectivity index (χ2v) is 6.30. The van der Waals surface area contributed by atoms with Crippen molar-refractivity contribution in [1.29, 1.82) is 0 Å². The van der Waals surface area contributed by atoms with E-state index >= 15 is 0 Å². The fraction of sp³-hybridized carbons (Fsp3) is 0.773. The van der Waals surface area contributed by atoms with Crippen LogP contribution in [0.5, 0.6) is 0 Å². The van der Waals surface area contributed by atoms with Gasteiger partial charge in [0, 0.05) is 13.2 Å². The first-order valence-electron chi connectivity index (χ1n) is 10.2. The van der Waals surface area contributed by atoms with E-state index in [-0.39, 0.29) is 6.29 Å². The molecule has 0 aliphatic rings. The zero-order valence-electron chi connectivity index (χ0n) is 16.5. The Morgan fingerprint density at radius 2 is 1.28 bits per heavy atom. The first-order chi connectivity index (χ1) is 12.3. The number of unbranched alkanes of at least 4 members (excludes halogenated alkanes) is 6. The maximum Gasteiger partial charge on any atom is 0.219 e. The van der Waals surface area contributed by atoms with Gasteiger partial charge in [0.1, 0.15) is 0 Å². The molecule has 0 rings (SSSR count). The number of ether oxygens (including phenoxy) is 2. The smallest absolute Gasteiger partial charge is 0.219 e. The highest BCUT2D eigenvalue weighted by atomic mass is 16.7. The molecule has 0 saturated carbocycles. The molecule has 144 valence electrons. The summed E-state index contributed by atoms with van der Waals surface area (Å²) in [4.78, 5) is 3.42. The highest BCUT2D eigenvalue weighted by molar-refractivity contribution is 4.80. The van der Waals surface area contributed by atoms with Crippen molar-refractivity contribution in [1.82, 2.24) is 0 Å². The summed E-state index contributed by atoms with van der Waals surface area (Å²) in [6, 6.07) is 0. The van der Waals surface area contributed by atoms with Gasteiger partial charge in [-0.25, -0.2) is 6.57 Å². The minimum Gasteiger partial charge on any atom is -0.352 e. The van der Waals surface area contributed by atoms with Gasteiger partial charge >= 0.3 is 0 Å². The average Bonchev–Trinajstić information content (AvgIpc) is 2.63. The summed E-state index contributed by atoms with van der Waals surface area (Å²) in [5.74, 6) is 0. The zero-order chi connectivity index (χ0) is 18.4. The maximum atomic E-state index is 6.94. The first-order valence-corrected chi connectivity index (χ1v) is 10.2. The molecular formula is C22H39NO2. The normalized spacial score (nSPS) is 11.8. The molecule has 0 aliphatic heterocycles. The van der Waals surface area contributed by atoms with Crippen molar-refractivity contribution in [3.63, 3.8) is 0 Å². The Labute approximate surface area is 156 Å². The lowest BCUT2D eigenvalue weighted by molar-refractivity contribution is -0.145. The maximum absolute atomic E-state index is 6.94. The largest absolute Gasteiger partial charge is 0.352 e. The number of hydrogen-bond acceptors (Lipinski definition) is 2. The highest BCUT2D eigenvalue weighted by Crippen LogP contribution is 2.08. The van der Waals surface area contributed by atoms with Crippen LogP contribution in [0.1, 0.15) is 84.5 Å². The van der Waals surface area contributed by atoms with Crippen molar-refractivity contribution < 1.29 is 9.47 Å². The number of rotatable bonds is 18. The second kappa shape index (κ2) is 20.9. The second-order valence-electron chi connectivity index (χ2n) is 6.30. The summed E-state index contributed by atoms with van der Waals surface area (Å²) in [6.45, 7) is 13.2. The summed E-state index contributed by atoms with van der Waals surface area (Å²) in [6.07, 6.45) is 21.0. The van der Waals surface area contributed by atoms with E-state index < -0.39 is 0 Å². The van der Waals surface area contributed by atoms with Crippen molar-refractivity contribution in [2.45, 2.75) is 90.8 Å². The molecule has 0 unspecified atom stereocenters. The molecular weight excluding hydrogens is 310 g/mol. The molecule has 0 radical (unpaired) electrons. The van der Waals surface area contributed by atoms with Gasteiger partial charge in [-0.1, -0.05) is 51.0 Å². The Hall–Kier alpha value is -1.11. The summed E-state index contributed by atoms with van der Waals surface area (Å²) in [5.41, 5.74) is 0. The third kappa shape index (κ3) is 19.1. The third-order valence-electron chi connectivity index (χ3n) is 3.92.